The minimum absolute atomic E-state index is 0.113. The maximum absolute atomic E-state index is 14.7. The minimum Gasteiger partial charge on any atom is -0.322 e. The van der Waals surface area contributed by atoms with Gasteiger partial charge in [0.2, 0.25) is 5.91 Å². The second kappa shape index (κ2) is 6.88. The molecule has 0 saturated carbocycles. The van der Waals surface area contributed by atoms with Gasteiger partial charge in [0.25, 0.3) is 0 Å². The predicted molar refractivity (Wildman–Crippen MR) is 99.6 cm³/mol. The van der Waals surface area contributed by atoms with Crippen molar-refractivity contribution < 1.29 is 9.18 Å². The lowest BCUT2D eigenvalue weighted by atomic mass is 9.99. The molecule has 4 rings (SSSR count). The number of imidazole rings is 1. The molecule has 0 spiro atoms. The average Bonchev–Trinajstić information content (AvgIpc) is 3.02. The van der Waals surface area contributed by atoms with Crippen LogP contribution in [0.2, 0.25) is 0 Å². The molecule has 2 N–H and O–H groups in total. The lowest BCUT2D eigenvalue weighted by Gasteiger charge is -2.19. The van der Waals surface area contributed by atoms with E-state index in [1.54, 1.807) is 6.07 Å². The minimum atomic E-state index is -0.316. The van der Waals surface area contributed by atoms with E-state index < -0.39 is 0 Å². The van der Waals surface area contributed by atoms with Crippen molar-refractivity contribution in [2.45, 2.75) is 32.9 Å². The molecule has 6 heteroatoms. The summed E-state index contributed by atoms with van der Waals surface area (Å²) in [5, 5.41) is 5.96. The zero-order chi connectivity index (χ0) is 18.1. The van der Waals surface area contributed by atoms with E-state index in [0.717, 1.165) is 35.4 Å². The summed E-state index contributed by atoms with van der Waals surface area (Å²) in [7, 11) is 0. The Morgan fingerprint density at radius 2 is 2.15 bits per heavy atom. The molecule has 1 aliphatic rings. The van der Waals surface area contributed by atoms with Crippen molar-refractivity contribution in [2.24, 2.45) is 0 Å². The molecule has 0 saturated heterocycles. The van der Waals surface area contributed by atoms with Crippen LogP contribution < -0.4 is 10.6 Å². The number of benzene rings is 2. The fraction of sp³-hybridized carbons (Fsp3) is 0.300. The number of nitrogens with zero attached hydrogens (tertiary/aromatic N) is 2. The highest BCUT2D eigenvalue weighted by Gasteiger charge is 2.18. The number of nitrogens with one attached hydrogen (secondary N) is 2. The molecule has 0 bridgehead atoms. The van der Waals surface area contributed by atoms with Crippen LogP contribution in [0, 0.1) is 5.82 Å². The summed E-state index contributed by atoms with van der Waals surface area (Å²) < 4.78 is 16.6. The van der Waals surface area contributed by atoms with Gasteiger partial charge in [0.05, 0.1) is 16.7 Å². The third-order valence-corrected chi connectivity index (χ3v) is 4.83. The quantitative estimate of drug-likeness (QED) is 0.759. The number of fused-ring (bicyclic) bond motifs is 2. The maximum Gasteiger partial charge on any atom is 0.244 e. The zero-order valence-electron chi connectivity index (χ0n) is 14.7. The first-order valence-corrected chi connectivity index (χ1v) is 8.92. The van der Waals surface area contributed by atoms with Gasteiger partial charge >= 0.3 is 0 Å². The number of rotatable bonds is 4. The highest BCUT2D eigenvalue weighted by Crippen LogP contribution is 2.25. The van der Waals surface area contributed by atoms with Gasteiger partial charge in [-0.25, -0.2) is 9.37 Å². The highest BCUT2D eigenvalue weighted by atomic mass is 19.1. The van der Waals surface area contributed by atoms with Crippen LogP contribution >= 0.6 is 0 Å². The smallest absolute Gasteiger partial charge is 0.244 e. The van der Waals surface area contributed by atoms with Crippen molar-refractivity contribution in [1.82, 2.24) is 14.9 Å². The van der Waals surface area contributed by atoms with Crippen LogP contribution in [-0.2, 0) is 30.7 Å². The molecule has 2 heterocycles. The molecular weight excluding hydrogens is 331 g/mol. The Labute approximate surface area is 151 Å². The zero-order valence-corrected chi connectivity index (χ0v) is 14.7. The molecule has 0 atom stereocenters. The molecule has 1 amide bonds. The van der Waals surface area contributed by atoms with Crippen LogP contribution in [-0.4, -0.2) is 22.0 Å². The van der Waals surface area contributed by atoms with E-state index in [1.807, 2.05) is 41.8 Å². The molecule has 134 valence electrons. The summed E-state index contributed by atoms with van der Waals surface area (Å²) in [6.07, 6.45) is 1.36. The maximum atomic E-state index is 14.7. The van der Waals surface area contributed by atoms with Gasteiger partial charge in [0.1, 0.15) is 18.2 Å². The second-order valence-electron chi connectivity index (χ2n) is 6.50. The number of anilines is 1. The van der Waals surface area contributed by atoms with Crippen LogP contribution in [0.1, 0.15) is 23.9 Å². The number of amides is 1. The van der Waals surface area contributed by atoms with E-state index in [2.05, 4.69) is 15.6 Å². The molecule has 5 nitrogen and oxygen atoms in total. The summed E-state index contributed by atoms with van der Waals surface area (Å²) in [4.78, 5) is 17.1. The summed E-state index contributed by atoms with van der Waals surface area (Å²) in [6.45, 7) is 3.54. The fourth-order valence-corrected chi connectivity index (χ4v) is 3.54. The number of hydrogen-bond donors (Lipinski definition) is 2. The Hall–Kier alpha value is -2.73. The molecule has 26 heavy (non-hydrogen) atoms. The molecular formula is C20H21FN4O. The number of aromatic nitrogens is 2. The standard InChI is InChI=1S/C20H21FN4O/c1-2-18-23-15-5-3-4-6-17(15)25(18)12-19(26)24-16-8-7-13-11-22-10-9-14(13)20(16)21/h3-8,22H,2,9-12H2,1H3,(H,24,26). The first-order chi connectivity index (χ1) is 12.7. The molecule has 3 aromatic rings. The van der Waals surface area contributed by atoms with Crippen molar-refractivity contribution >= 4 is 22.6 Å². The van der Waals surface area contributed by atoms with Gasteiger partial charge in [-0.1, -0.05) is 25.1 Å². The lowest BCUT2D eigenvalue weighted by molar-refractivity contribution is -0.116. The number of halogens is 1. The lowest BCUT2D eigenvalue weighted by Crippen LogP contribution is -2.26. The summed E-state index contributed by atoms with van der Waals surface area (Å²) >= 11 is 0. The van der Waals surface area contributed by atoms with Crippen molar-refractivity contribution in [3.05, 3.63) is 59.2 Å². The van der Waals surface area contributed by atoms with Gasteiger partial charge in [-0.3, -0.25) is 4.79 Å². The fourth-order valence-electron chi connectivity index (χ4n) is 3.54. The summed E-state index contributed by atoms with van der Waals surface area (Å²) in [5.41, 5.74) is 3.68. The Kier molecular flexibility index (Phi) is 4.42. The predicted octanol–water partition coefficient (Wildman–Crippen LogP) is 3.02. The van der Waals surface area contributed by atoms with Crippen molar-refractivity contribution in [3.63, 3.8) is 0 Å². The van der Waals surface area contributed by atoms with E-state index in [0.29, 0.717) is 18.5 Å². The molecule has 0 aliphatic carbocycles. The molecule has 2 aromatic carbocycles. The van der Waals surface area contributed by atoms with E-state index in [1.165, 1.54) is 0 Å². The van der Waals surface area contributed by atoms with Crippen LogP contribution in [0.4, 0.5) is 10.1 Å². The van der Waals surface area contributed by atoms with Gasteiger partial charge in [-0.2, -0.15) is 0 Å². The molecule has 0 fully saturated rings. The van der Waals surface area contributed by atoms with Crippen LogP contribution in [0.5, 0.6) is 0 Å². The number of para-hydroxylation sites is 2. The van der Waals surface area contributed by atoms with Crippen molar-refractivity contribution in [3.8, 4) is 0 Å². The third-order valence-electron chi connectivity index (χ3n) is 4.83. The second-order valence-corrected chi connectivity index (χ2v) is 6.50. The number of carbonyl (C=O) groups is 1. The van der Waals surface area contributed by atoms with Gasteiger partial charge in [-0.15, -0.1) is 0 Å². The average molecular weight is 352 g/mol. The number of carbonyl (C=O) groups excluding carboxylic acids is 1. The van der Waals surface area contributed by atoms with Gasteiger partial charge in [0.15, 0.2) is 0 Å². The van der Waals surface area contributed by atoms with Crippen molar-refractivity contribution in [1.29, 1.82) is 0 Å². The normalized spacial score (nSPS) is 13.6. The third kappa shape index (κ3) is 2.97. The topological polar surface area (TPSA) is 59.0 Å². The molecule has 0 unspecified atom stereocenters. The van der Waals surface area contributed by atoms with Gasteiger partial charge < -0.3 is 15.2 Å². The van der Waals surface area contributed by atoms with E-state index in [-0.39, 0.29) is 24.0 Å². The van der Waals surface area contributed by atoms with Gasteiger partial charge in [0, 0.05) is 13.0 Å². The summed E-state index contributed by atoms with van der Waals surface area (Å²) in [5.74, 6) is 0.275. The van der Waals surface area contributed by atoms with Gasteiger partial charge in [-0.05, 0) is 42.3 Å². The Morgan fingerprint density at radius 3 is 3.00 bits per heavy atom. The molecule has 1 aromatic heterocycles. The first-order valence-electron chi connectivity index (χ1n) is 8.92. The molecule has 0 radical (unpaired) electrons. The van der Waals surface area contributed by atoms with Crippen molar-refractivity contribution in [2.75, 3.05) is 11.9 Å². The van der Waals surface area contributed by atoms with Crippen LogP contribution in [0.15, 0.2) is 36.4 Å². The monoisotopic (exact) mass is 352 g/mol. The molecule has 1 aliphatic heterocycles. The summed E-state index contributed by atoms with van der Waals surface area (Å²) in [6, 6.07) is 11.3. The number of aryl methyl sites for hydroxylation is 1. The van der Waals surface area contributed by atoms with E-state index in [4.69, 9.17) is 0 Å². The Bertz CT molecular complexity index is 979. The SMILES string of the molecule is CCc1nc2ccccc2n1CC(=O)Nc1ccc2c(c1F)CCNC2. The Balaban J connectivity index is 1.59. The number of hydrogen-bond acceptors (Lipinski definition) is 3. The first kappa shape index (κ1) is 16.7. The van der Waals surface area contributed by atoms with E-state index >= 15 is 0 Å². The highest BCUT2D eigenvalue weighted by molar-refractivity contribution is 5.92. The Morgan fingerprint density at radius 1 is 1.31 bits per heavy atom. The largest absolute Gasteiger partial charge is 0.322 e. The van der Waals surface area contributed by atoms with E-state index in [9.17, 15) is 9.18 Å². The van der Waals surface area contributed by atoms with Crippen LogP contribution in [0.25, 0.3) is 11.0 Å². The van der Waals surface area contributed by atoms with Crippen LogP contribution in [0.3, 0.4) is 0 Å².